The summed E-state index contributed by atoms with van der Waals surface area (Å²) in [6.07, 6.45) is 0.907. The Balaban J connectivity index is 1.53. The van der Waals surface area contributed by atoms with Crippen LogP contribution in [-0.2, 0) is 10.0 Å². The summed E-state index contributed by atoms with van der Waals surface area (Å²) in [6, 6.07) is 14.6. The maximum atomic E-state index is 11.3. The number of benzene rings is 2. The summed E-state index contributed by atoms with van der Waals surface area (Å²) in [4.78, 5) is 4.66. The van der Waals surface area contributed by atoms with E-state index >= 15 is 0 Å². The molecule has 2 atom stereocenters. The fourth-order valence-corrected chi connectivity index (χ4v) is 3.58. The lowest BCUT2D eigenvalue weighted by molar-refractivity contribution is 0.378. The molecule has 1 aliphatic rings. The van der Waals surface area contributed by atoms with Crippen molar-refractivity contribution in [2.45, 2.75) is 30.1 Å². The van der Waals surface area contributed by atoms with Crippen molar-refractivity contribution in [3.63, 3.8) is 0 Å². The zero-order chi connectivity index (χ0) is 17.6. The van der Waals surface area contributed by atoms with E-state index in [1.54, 1.807) is 12.1 Å². The van der Waals surface area contributed by atoms with Crippen LogP contribution in [0.2, 0.25) is 0 Å². The first kappa shape index (κ1) is 16.0. The van der Waals surface area contributed by atoms with Gasteiger partial charge in [-0.25, -0.2) is 13.6 Å². The molecule has 1 saturated carbocycles. The van der Waals surface area contributed by atoms with Gasteiger partial charge in [0.15, 0.2) is 0 Å². The third-order valence-corrected chi connectivity index (χ3v) is 5.50. The monoisotopic (exact) mass is 355 g/mol. The van der Waals surface area contributed by atoms with Crippen molar-refractivity contribution in [3.8, 4) is 11.4 Å². The molecule has 3 aromatic rings. The van der Waals surface area contributed by atoms with Crippen LogP contribution in [0.15, 0.2) is 57.9 Å². The number of aromatic nitrogens is 2. The summed E-state index contributed by atoms with van der Waals surface area (Å²) in [5, 5.41) is 9.23. The van der Waals surface area contributed by atoms with E-state index in [4.69, 9.17) is 9.66 Å². The number of rotatable bonds is 4. The van der Waals surface area contributed by atoms with Crippen LogP contribution >= 0.6 is 0 Å². The second-order valence-corrected chi connectivity index (χ2v) is 7.90. The van der Waals surface area contributed by atoms with E-state index in [2.05, 4.69) is 10.1 Å². The molecule has 1 heterocycles. The van der Waals surface area contributed by atoms with Crippen molar-refractivity contribution >= 4 is 10.0 Å². The summed E-state index contributed by atoms with van der Waals surface area (Å²) in [5.41, 5.74) is 3.11. The summed E-state index contributed by atoms with van der Waals surface area (Å²) in [5.74, 6) is 1.66. The zero-order valence-electron chi connectivity index (χ0n) is 13.6. The molecule has 1 aliphatic carbocycles. The highest BCUT2D eigenvalue weighted by Gasteiger charge is 2.43. The molecular formula is C18H17N3O3S. The molecular weight excluding hydrogens is 338 g/mol. The van der Waals surface area contributed by atoms with E-state index in [0.717, 1.165) is 23.1 Å². The van der Waals surface area contributed by atoms with Crippen molar-refractivity contribution in [3.05, 3.63) is 65.5 Å². The molecule has 128 valence electrons. The number of nitrogens with zero attached hydrogens (tertiary/aromatic N) is 2. The molecule has 0 spiro atoms. The van der Waals surface area contributed by atoms with Crippen molar-refractivity contribution in [2.24, 2.45) is 5.14 Å². The molecule has 0 saturated heterocycles. The lowest BCUT2D eigenvalue weighted by Crippen LogP contribution is -2.11. The van der Waals surface area contributed by atoms with Gasteiger partial charge in [-0.2, -0.15) is 4.98 Å². The van der Waals surface area contributed by atoms with E-state index in [9.17, 15) is 8.42 Å². The normalized spacial score (nSPS) is 19.8. The lowest BCUT2D eigenvalue weighted by atomic mass is 10.1. The molecule has 7 heteroatoms. The Labute approximate surface area is 145 Å². The molecule has 0 bridgehead atoms. The summed E-state index contributed by atoms with van der Waals surface area (Å²) in [6.45, 7) is 2.01. The molecule has 0 aliphatic heterocycles. The molecule has 0 radical (unpaired) electrons. The lowest BCUT2D eigenvalue weighted by Gasteiger charge is -2.01. The second-order valence-electron chi connectivity index (χ2n) is 6.33. The third-order valence-electron chi connectivity index (χ3n) is 4.57. The maximum absolute atomic E-state index is 11.3. The molecule has 0 amide bonds. The Morgan fingerprint density at radius 3 is 2.48 bits per heavy atom. The van der Waals surface area contributed by atoms with Gasteiger partial charge in [-0.05, 0) is 42.5 Å². The highest BCUT2D eigenvalue weighted by Crippen LogP contribution is 2.54. The SMILES string of the molecule is Cc1ccccc1-c1noc([C@@H]2C[C@H]2c2ccc(S(N)(=O)=O)cc2)n1. The van der Waals surface area contributed by atoms with Gasteiger partial charge in [-0.15, -0.1) is 0 Å². The van der Waals surface area contributed by atoms with E-state index in [1.165, 1.54) is 12.1 Å². The number of aryl methyl sites for hydroxylation is 1. The molecule has 4 rings (SSSR count). The van der Waals surface area contributed by atoms with Crippen molar-refractivity contribution in [1.82, 2.24) is 10.1 Å². The summed E-state index contributed by atoms with van der Waals surface area (Å²) < 4.78 is 28.1. The quantitative estimate of drug-likeness (QED) is 0.775. The van der Waals surface area contributed by atoms with Crippen LogP contribution in [0.25, 0.3) is 11.4 Å². The smallest absolute Gasteiger partial charge is 0.238 e. The third kappa shape index (κ3) is 3.08. The highest BCUT2D eigenvalue weighted by molar-refractivity contribution is 7.89. The standard InChI is InChI=1S/C18H17N3O3S/c1-11-4-2-3-5-14(11)17-20-18(24-21-17)16-10-15(16)12-6-8-13(9-7-12)25(19,22)23/h2-9,15-16H,10H2,1H3,(H2,19,22,23)/t15-,16+/m0/s1. The Bertz CT molecular complexity index is 1030. The van der Waals surface area contributed by atoms with Crippen LogP contribution in [0.1, 0.15) is 35.3 Å². The van der Waals surface area contributed by atoms with Crippen LogP contribution in [-0.4, -0.2) is 18.6 Å². The van der Waals surface area contributed by atoms with Gasteiger partial charge in [0, 0.05) is 11.5 Å². The van der Waals surface area contributed by atoms with Crippen LogP contribution in [0.4, 0.5) is 0 Å². The van der Waals surface area contributed by atoms with Gasteiger partial charge in [0.05, 0.1) is 4.90 Å². The number of sulfonamides is 1. The fraction of sp³-hybridized carbons (Fsp3) is 0.222. The average Bonchev–Trinajstić information content (AvgIpc) is 3.24. The second kappa shape index (κ2) is 5.79. The minimum atomic E-state index is -3.66. The molecule has 25 heavy (non-hydrogen) atoms. The Kier molecular flexibility index (Phi) is 3.70. The maximum Gasteiger partial charge on any atom is 0.238 e. The molecule has 2 N–H and O–H groups in total. The molecule has 2 aromatic carbocycles. The van der Waals surface area contributed by atoms with Gasteiger partial charge in [-0.3, -0.25) is 0 Å². The van der Waals surface area contributed by atoms with Crippen molar-refractivity contribution in [1.29, 1.82) is 0 Å². The van der Waals surface area contributed by atoms with E-state index in [1.807, 2.05) is 31.2 Å². The first-order valence-corrected chi connectivity index (χ1v) is 9.50. The largest absolute Gasteiger partial charge is 0.339 e. The Morgan fingerprint density at radius 2 is 1.80 bits per heavy atom. The van der Waals surface area contributed by atoms with Crippen molar-refractivity contribution < 1.29 is 12.9 Å². The van der Waals surface area contributed by atoms with Crippen LogP contribution in [0.3, 0.4) is 0 Å². The minimum absolute atomic E-state index is 0.119. The minimum Gasteiger partial charge on any atom is -0.339 e. The van der Waals surface area contributed by atoms with E-state index < -0.39 is 10.0 Å². The van der Waals surface area contributed by atoms with Gasteiger partial charge >= 0.3 is 0 Å². The van der Waals surface area contributed by atoms with Gasteiger partial charge < -0.3 is 4.52 Å². The molecule has 1 fully saturated rings. The van der Waals surface area contributed by atoms with Gasteiger partial charge in [0.25, 0.3) is 0 Å². The van der Waals surface area contributed by atoms with Crippen LogP contribution in [0, 0.1) is 6.92 Å². The topological polar surface area (TPSA) is 99.1 Å². The first-order chi connectivity index (χ1) is 11.9. The predicted octanol–water partition coefficient (Wildman–Crippen LogP) is 2.96. The molecule has 6 nitrogen and oxygen atoms in total. The fourth-order valence-electron chi connectivity index (χ4n) is 3.06. The molecule has 0 unspecified atom stereocenters. The number of primary sulfonamides is 1. The number of hydrogen-bond acceptors (Lipinski definition) is 5. The number of hydrogen-bond donors (Lipinski definition) is 1. The number of nitrogens with two attached hydrogens (primary N) is 1. The van der Waals surface area contributed by atoms with E-state index in [-0.39, 0.29) is 16.7 Å². The molecule has 1 aromatic heterocycles. The highest BCUT2D eigenvalue weighted by atomic mass is 32.2. The Hall–Kier alpha value is -2.51. The van der Waals surface area contributed by atoms with Gasteiger partial charge in [0.1, 0.15) is 0 Å². The Morgan fingerprint density at radius 1 is 1.08 bits per heavy atom. The van der Waals surface area contributed by atoms with Crippen LogP contribution < -0.4 is 5.14 Å². The average molecular weight is 355 g/mol. The van der Waals surface area contributed by atoms with E-state index in [0.29, 0.717) is 11.7 Å². The summed E-state index contributed by atoms with van der Waals surface area (Å²) >= 11 is 0. The van der Waals surface area contributed by atoms with Gasteiger partial charge in [0.2, 0.25) is 21.7 Å². The van der Waals surface area contributed by atoms with Gasteiger partial charge in [-0.1, -0.05) is 41.6 Å². The zero-order valence-corrected chi connectivity index (χ0v) is 14.4. The summed E-state index contributed by atoms with van der Waals surface area (Å²) in [7, 11) is -3.66. The first-order valence-electron chi connectivity index (χ1n) is 7.96. The van der Waals surface area contributed by atoms with Crippen molar-refractivity contribution in [2.75, 3.05) is 0 Å². The predicted molar refractivity (Wildman–Crippen MR) is 92.4 cm³/mol. The van der Waals surface area contributed by atoms with Crippen LogP contribution in [0.5, 0.6) is 0 Å².